The van der Waals surface area contributed by atoms with Gasteiger partial charge >= 0.3 is 7.12 Å². The summed E-state index contributed by atoms with van der Waals surface area (Å²) in [4.78, 5) is 4.93. The molecule has 4 aromatic carbocycles. The third-order valence-electron chi connectivity index (χ3n) is 8.82. The van der Waals surface area contributed by atoms with Crippen LogP contribution in [0.15, 0.2) is 109 Å². The molecule has 2 aliphatic rings. The number of benzene rings is 4. The first-order valence-electron chi connectivity index (χ1n) is 13.3. The zero-order valence-electron chi connectivity index (χ0n) is 22.2. The molecule has 1 aromatic heterocycles. The fourth-order valence-corrected chi connectivity index (χ4v) is 6.18. The number of rotatable bonds is 3. The van der Waals surface area contributed by atoms with Gasteiger partial charge in [0, 0.05) is 11.6 Å². The van der Waals surface area contributed by atoms with Crippen LogP contribution in [0.4, 0.5) is 0 Å². The van der Waals surface area contributed by atoms with Crippen LogP contribution in [0.25, 0.3) is 22.0 Å². The number of hydrogen-bond acceptors (Lipinski definition) is 3. The molecule has 2 heterocycles. The smallest absolute Gasteiger partial charge is 0.399 e. The second-order valence-corrected chi connectivity index (χ2v) is 11.5. The number of para-hydroxylation sites is 1. The Morgan fingerprint density at radius 2 is 1.26 bits per heavy atom. The number of nitrogens with zero attached hydrogens (tertiary/aromatic N) is 1. The van der Waals surface area contributed by atoms with E-state index in [1.165, 1.54) is 27.8 Å². The van der Waals surface area contributed by atoms with E-state index in [4.69, 9.17) is 14.3 Å². The minimum atomic E-state index is -0.524. The second kappa shape index (κ2) is 8.13. The highest BCUT2D eigenvalue weighted by Gasteiger charge is 2.53. The number of fused-ring (bicyclic) bond motifs is 4. The van der Waals surface area contributed by atoms with Gasteiger partial charge in [-0.25, -0.2) is 0 Å². The Bertz CT molecular complexity index is 1680. The van der Waals surface area contributed by atoms with Crippen molar-refractivity contribution in [1.82, 2.24) is 4.98 Å². The van der Waals surface area contributed by atoms with E-state index in [1.54, 1.807) is 0 Å². The molecule has 1 aliphatic carbocycles. The average Bonchev–Trinajstić information content (AvgIpc) is 3.35. The van der Waals surface area contributed by atoms with Crippen LogP contribution in [0.3, 0.4) is 0 Å². The van der Waals surface area contributed by atoms with Crippen LogP contribution in [0.2, 0.25) is 0 Å². The molecule has 0 bridgehead atoms. The number of hydrogen-bond donors (Lipinski definition) is 0. The molecular formula is C34H30BNO2. The van der Waals surface area contributed by atoms with E-state index in [1.807, 2.05) is 6.07 Å². The normalized spacial score (nSPS) is 20.9. The van der Waals surface area contributed by atoms with Gasteiger partial charge in [-0.15, -0.1) is 0 Å². The standard InChI is InChI=1S/C34H30BNO2/c1-32(2)33(3,4)38-35(37-32)26-18-19-28-27-15-9-10-16-29(27)34(30(28)21-26,24-13-6-5-7-14-24)25-20-23-12-8-11-17-31(23)36-22-25/h5-22H,1-4H3. The van der Waals surface area contributed by atoms with Crippen LogP contribution in [-0.2, 0) is 14.7 Å². The van der Waals surface area contributed by atoms with Crippen molar-refractivity contribution in [2.24, 2.45) is 0 Å². The van der Waals surface area contributed by atoms with Gasteiger partial charge in [0.05, 0.1) is 22.1 Å². The lowest BCUT2D eigenvalue weighted by molar-refractivity contribution is 0.00578. The largest absolute Gasteiger partial charge is 0.494 e. The van der Waals surface area contributed by atoms with Crippen molar-refractivity contribution in [1.29, 1.82) is 0 Å². The molecule has 5 aromatic rings. The highest BCUT2D eigenvalue weighted by atomic mass is 16.7. The Labute approximate surface area is 224 Å². The molecule has 1 aliphatic heterocycles. The molecule has 0 spiro atoms. The fourth-order valence-electron chi connectivity index (χ4n) is 6.18. The van der Waals surface area contributed by atoms with Gasteiger partial charge in [-0.2, -0.15) is 0 Å². The molecule has 3 nitrogen and oxygen atoms in total. The van der Waals surface area contributed by atoms with Gasteiger partial charge < -0.3 is 9.31 Å². The summed E-state index contributed by atoms with van der Waals surface area (Å²) in [5, 5.41) is 1.13. The summed E-state index contributed by atoms with van der Waals surface area (Å²) in [7, 11) is -0.433. The molecule has 7 rings (SSSR count). The summed E-state index contributed by atoms with van der Waals surface area (Å²) in [6.45, 7) is 8.41. The first-order valence-corrected chi connectivity index (χ1v) is 13.3. The van der Waals surface area contributed by atoms with Crippen molar-refractivity contribution >= 4 is 23.5 Å². The van der Waals surface area contributed by atoms with Crippen LogP contribution in [0.1, 0.15) is 49.9 Å². The summed E-state index contributed by atoms with van der Waals surface area (Å²) in [6.07, 6.45) is 2.06. The van der Waals surface area contributed by atoms with Crippen LogP contribution < -0.4 is 5.46 Å². The Morgan fingerprint density at radius 1 is 0.605 bits per heavy atom. The Morgan fingerprint density at radius 3 is 2.05 bits per heavy atom. The van der Waals surface area contributed by atoms with Gasteiger partial charge in [0.25, 0.3) is 0 Å². The maximum Gasteiger partial charge on any atom is 0.494 e. The minimum absolute atomic E-state index is 0.404. The maximum absolute atomic E-state index is 6.49. The predicted octanol–water partition coefficient (Wildman–Crippen LogP) is 6.90. The first-order chi connectivity index (χ1) is 18.3. The molecule has 4 heteroatoms. The van der Waals surface area contributed by atoms with E-state index in [-0.39, 0.29) is 0 Å². The lowest BCUT2D eigenvalue weighted by Crippen LogP contribution is -2.41. The SMILES string of the molecule is CC1(C)OB(c2ccc3c(c2)C(c2ccccc2)(c2cnc4ccccc4c2)c2ccccc2-3)OC1(C)C. The Balaban J connectivity index is 1.53. The van der Waals surface area contributed by atoms with E-state index in [0.717, 1.165) is 21.9 Å². The lowest BCUT2D eigenvalue weighted by atomic mass is 9.66. The topological polar surface area (TPSA) is 31.4 Å². The molecule has 0 N–H and O–H groups in total. The molecule has 0 amide bonds. The van der Waals surface area contributed by atoms with E-state index >= 15 is 0 Å². The van der Waals surface area contributed by atoms with Crippen LogP contribution in [0, 0.1) is 0 Å². The minimum Gasteiger partial charge on any atom is -0.399 e. The van der Waals surface area contributed by atoms with Crippen molar-refractivity contribution < 1.29 is 9.31 Å². The molecule has 0 radical (unpaired) electrons. The molecular weight excluding hydrogens is 465 g/mol. The second-order valence-electron chi connectivity index (χ2n) is 11.5. The van der Waals surface area contributed by atoms with E-state index < -0.39 is 23.7 Å². The molecule has 186 valence electrons. The van der Waals surface area contributed by atoms with Crippen molar-refractivity contribution in [3.05, 3.63) is 132 Å². The van der Waals surface area contributed by atoms with Gasteiger partial charge in [0.1, 0.15) is 0 Å². The van der Waals surface area contributed by atoms with Gasteiger partial charge in [0.2, 0.25) is 0 Å². The summed E-state index contributed by atoms with van der Waals surface area (Å²) < 4.78 is 13.0. The third kappa shape index (κ3) is 3.20. The maximum atomic E-state index is 6.49. The third-order valence-corrected chi connectivity index (χ3v) is 8.82. The summed E-state index contributed by atoms with van der Waals surface area (Å²) in [5.41, 5.74) is 8.05. The van der Waals surface area contributed by atoms with Crippen molar-refractivity contribution in [2.75, 3.05) is 0 Å². The van der Waals surface area contributed by atoms with Crippen LogP contribution >= 0.6 is 0 Å². The Kier molecular flexibility index (Phi) is 5.01. The average molecular weight is 495 g/mol. The van der Waals surface area contributed by atoms with Gasteiger partial charge in [0.15, 0.2) is 0 Å². The fraction of sp³-hybridized carbons (Fsp3) is 0.206. The highest BCUT2D eigenvalue weighted by molar-refractivity contribution is 6.62. The summed E-state index contributed by atoms with van der Waals surface area (Å²) in [5.74, 6) is 0. The van der Waals surface area contributed by atoms with Crippen molar-refractivity contribution in [3.63, 3.8) is 0 Å². The zero-order chi connectivity index (χ0) is 26.1. The van der Waals surface area contributed by atoms with Crippen LogP contribution in [0.5, 0.6) is 0 Å². The molecule has 38 heavy (non-hydrogen) atoms. The monoisotopic (exact) mass is 495 g/mol. The number of aromatic nitrogens is 1. The molecule has 1 atom stereocenters. The number of pyridine rings is 1. The molecule has 1 saturated heterocycles. The summed E-state index contributed by atoms with van der Waals surface area (Å²) in [6, 6.07) is 37.0. The predicted molar refractivity (Wildman–Crippen MR) is 155 cm³/mol. The quantitative estimate of drug-likeness (QED) is 0.251. The van der Waals surface area contributed by atoms with Crippen molar-refractivity contribution in [2.45, 2.75) is 44.3 Å². The van der Waals surface area contributed by atoms with E-state index in [9.17, 15) is 0 Å². The van der Waals surface area contributed by atoms with E-state index in [0.29, 0.717) is 0 Å². The van der Waals surface area contributed by atoms with Gasteiger partial charge in [-0.05, 0) is 78.7 Å². The van der Waals surface area contributed by atoms with Crippen LogP contribution in [-0.4, -0.2) is 23.3 Å². The van der Waals surface area contributed by atoms with Crippen molar-refractivity contribution in [3.8, 4) is 11.1 Å². The molecule has 1 unspecified atom stereocenters. The highest BCUT2D eigenvalue weighted by Crippen LogP contribution is 2.56. The van der Waals surface area contributed by atoms with Gasteiger partial charge in [-0.1, -0.05) is 91.0 Å². The summed E-state index contributed by atoms with van der Waals surface area (Å²) >= 11 is 0. The first kappa shape index (κ1) is 23.4. The molecule has 1 fully saturated rings. The van der Waals surface area contributed by atoms with E-state index in [2.05, 4.69) is 131 Å². The lowest BCUT2D eigenvalue weighted by Gasteiger charge is -2.34. The molecule has 0 saturated carbocycles. The zero-order valence-corrected chi connectivity index (χ0v) is 22.2. The van der Waals surface area contributed by atoms with Gasteiger partial charge in [-0.3, -0.25) is 4.98 Å². The Hall–Kier alpha value is -3.73.